The summed E-state index contributed by atoms with van der Waals surface area (Å²) in [5.74, 6) is -4.16. The number of aromatic nitrogens is 4. The smallest absolute Gasteiger partial charge is 0.544 e. The first-order chi connectivity index (χ1) is 13.4. The third-order valence-corrected chi connectivity index (χ3v) is 4.90. The molecule has 2 amide bonds. The zero-order chi connectivity index (χ0) is 20.3. The van der Waals surface area contributed by atoms with E-state index in [0.29, 0.717) is 10.2 Å². The van der Waals surface area contributed by atoms with Crippen molar-refractivity contribution in [2.45, 2.75) is 36.3 Å². The Balaban J connectivity index is 0.00000300. The Kier molecular flexibility index (Phi) is 7.95. The van der Waals surface area contributed by atoms with E-state index >= 15 is 0 Å². The number of cyclic esters (lactones) is 1. The zero-order valence-electron chi connectivity index (χ0n) is 15.3. The number of rotatable bonds is 8. The number of ether oxygens (including phenoxy) is 1. The molecular formula is C13H15N6NaO8S. The molecule has 2 aliphatic rings. The molecule has 16 heteroatoms. The molecule has 1 aromatic heterocycles. The maximum absolute atomic E-state index is 12.4. The first-order valence-electron chi connectivity index (χ1n) is 8.07. The van der Waals surface area contributed by atoms with Gasteiger partial charge in [0.15, 0.2) is 0 Å². The molecule has 0 spiro atoms. The molecule has 14 nitrogen and oxygen atoms in total. The second-order valence-electron chi connectivity index (χ2n) is 5.79. The number of hydrogen-bond donors (Lipinski definition) is 2. The van der Waals surface area contributed by atoms with E-state index in [1.54, 1.807) is 0 Å². The third kappa shape index (κ3) is 4.87. The van der Waals surface area contributed by atoms with Gasteiger partial charge in [-0.15, -0.1) is 5.10 Å². The standard InChI is InChI=1S/C13H16N6O8S.Na/c20-4-3-18-12(15-16-17-18)28-6-8(21)14-7-5-26-19(10(7)23)13(11(24)25)2-1-9(22)27-13;/h7,20H,1-6H2,(H,14,21)(H,24,25);/q;+1/p-1/t7-,13?;/m0./s1. The van der Waals surface area contributed by atoms with E-state index in [9.17, 15) is 24.3 Å². The average Bonchev–Trinajstić information content (AvgIpc) is 3.34. The van der Waals surface area contributed by atoms with Crippen LogP contribution in [0, 0.1) is 0 Å². The second kappa shape index (κ2) is 9.82. The molecule has 0 aromatic carbocycles. The van der Waals surface area contributed by atoms with E-state index in [1.807, 2.05) is 0 Å². The van der Waals surface area contributed by atoms with Crippen LogP contribution in [-0.2, 0) is 35.3 Å². The Hall–Kier alpha value is -1.78. The number of carboxylic acids is 1. The summed E-state index contributed by atoms with van der Waals surface area (Å²) >= 11 is 0.981. The fourth-order valence-electron chi connectivity index (χ4n) is 2.64. The normalized spacial score (nSPS) is 23.6. The average molecular weight is 438 g/mol. The van der Waals surface area contributed by atoms with Crippen molar-refractivity contribution in [3.63, 3.8) is 0 Å². The molecule has 0 saturated carbocycles. The van der Waals surface area contributed by atoms with Crippen molar-refractivity contribution in [3.05, 3.63) is 0 Å². The minimum absolute atomic E-state index is 0. The van der Waals surface area contributed by atoms with Gasteiger partial charge in [0.1, 0.15) is 18.6 Å². The molecule has 29 heavy (non-hydrogen) atoms. The predicted octanol–water partition coefficient (Wildman–Crippen LogP) is -7.20. The van der Waals surface area contributed by atoms with E-state index < -0.39 is 35.5 Å². The molecule has 3 heterocycles. The fraction of sp³-hybridized carbons (Fsp3) is 0.615. The van der Waals surface area contributed by atoms with E-state index in [0.717, 1.165) is 11.8 Å². The minimum Gasteiger partial charge on any atom is -0.544 e. The van der Waals surface area contributed by atoms with Gasteiger partial charge in [-0.25, -0.2) is 4.68 Å². The summed E-state index contributed by atoms with van der Waals surface area (Å²) < 4.78 is 6.07. The second-order valence-corrected chi connectivity index (χ2v) is 6.73. The molecule has 2 saturated heterocycles. The molecule has 2 N–H and O–H groups in total. The number of carbonyl (C=O) groups is 4. The van der Waals surface area contributed by atoms with Gasteiger partial charge >= 0.3 is 35.5 Å². The van der Waals surface area contributed by atoms with Crippen LogP contribution in [0.3, 0.4) is 0 Å². The van der Waals surface area contributed by atoms with Crippen LogP contribution in [0.4, 0.5) is 0 Å². The number of carbonyl (C=O) groups excluding carboxylic acids is 4. The number of carboxylic acid groups (broad SMARTS) is 1. The first kappa shape index (κ1) is 23.5. The van der Waals surface area contributed by atoms with Crippen LogP contribution in [0.5, 0.6) is 0 Å². The van der Waals surface area contributed by atoms with E-state index in [4.69, 9.17) is 14.7 Å². The topological polar surface area (TPSA) is 189 Å². The molecule has 152 valence electrons. The van der Waals surface area contributed by atoms with Crippen molar-refractivity contribution in [1.82, 2.24) is 30.6 Å². The van der Waals surface area contributed by atoms with Crippen molar-refractivity contribution >= 4 is 35.5 Å². The molecule has 1 unspecified atom stereocenters. The predicted molar refractivity (Wildman–Crippen MR) is 83.4 cm³/mol. The summed E-state index contributed by atoms with van der Waals surface area (Å²) in [6.07, 6.45) is -0.527. The molecule has 2 atom stereocenters. The number of aliphatic carboxylic acids is 1. The van der Waals surface area contributed by atoms with Crippen LogP contribution in [0.1, 0.15) is 12.8 Å². The number of nitrogens with one attached hydrogen (secondary N) is 1. The molecule has 2 aliphatic heterocycles. The Morgan fingerprint density at radius 1 is 1.41 bits per heavy atom. The van der Waals surface area contributed by atoms with Crippen LogP contribution in [-0.4, -0.2) is 84.9 Å². The Morgan fingerprint density at radius 3 is 2.79 bits per heavy atom. The largest absolute Gasteiger partial charge is 1.00 e. The van der Waals surface area contributed by atoms with E-state index in [1.165, 1.54) is 4.68 Å². The van der Waals surface area contributed by atoms with Gasteiger partial charge in [0.25, 0.3) is 11.6 Å². The zero-order valence-corrected chi connectivity index (χ0v) is 18.1. The third-order valence-electron chi connectivity index (χ3n) is 3.94. The molecular weight excluding hydrogens is 423 g/mol. The van der Waals surface area contributed by atoms with Crippen LogP contribution in [0.15, 0.2) is 5.16 Å². The number of aliphatic hydroxyl groups is 1. The van der Waals surface area contributed by atoms with Crippen LogP contribution >= 0.6 is 11.8 Å². The van der Waals surface area contributed by atoms with E-state index in [2.05, 4.69) is 20.8 Å². The maximum atomic E-state index is 12.4. The monoisotopic (exact) mass is 438 g/mol. The maximum Gasteiger partial charge on any atom is 1.00 e. The summed E-state index contributed by atoms with van der Waals surface area (Å²) in [5, 5.41) is 34.3. The summed E-state index contributed by atoms with van der Waals surface area (Å²) in [6, 6.07) is -1.16. The van der Waals surface area contributed by atoms with Gasteiger partial charge in [0.2, 0.25) is 11.1 Å². The molecule has 1 aromatic rings. The number of hydroxylamine groups is 2. The van der Waals surface area contributed by atoms with Crippen LogP contribution in [0.25, 0.3) is 0 Å². The Bertz CT molecular complexity index is 808. The van der Waals surface area contributed by atoms with Crippen molar-refractivity contribution < 1.29 is 68.5 Å². The number of thioether (sulfide) groups is 1. The van der Waals surface area contributed by atoms with Crippen molar-refractivity contribution in [2.24, 2.45) is 0 Å². The number of esters is 1. The SMILES string of the molecule is O=C(CSc1nnnn1CCO)N[C@H]1CON(C2(C(=O)[O-])CCC(=O)O2)C1=O.[Na+]. The van der Waals surface area contributed by atoms with Gasteiger partial charge in [0.05, 0.1) is 25.3 Å². The van der Waals surface area contributed by atoms with Crippen LogP contribution in [0.2, 0.25) is 0 Å². The Labute approximate surface area is 189 Å². The Morgan fingerprint density at radius 2 is 2.17 bits per heavy atom. The molecule has 2 fully saturated rings. The quantitative estimate of drug-likeness (QED) is 0.222. The number of hydrogen-bond acceptors (Lipinski definition) is 12. The van der Waals surface area contributed by atoms with Gasteiger partial charge < -0.3 is 25.1 Å². The van der Waals surface area contributed by atoms with Gasteiger partial charge in [-0.1, -0.05) is 11.8 Å². The molecule has 0 aliphatic carbocycles. The number of tetrazole rings is 1. The van der Waals surface area contributed by atoms with Gasteiger partial charge in [0, 0.05) is 6.42 Å². The number of amides is 2. The van der Waals surface area contributed by atoms with Gasteiger partial charge in [-0.2, -0.15) is 5.06 Å². The van der Waals surface area contributed by atoms with Gasteiger partial charge in [-0.05, 0) is 10.4 Å². The van der Waals surface area contributed by atoms with Crippen molar-refractivity contribution in [1.29, 1.82) is 0 Å². The molecule has 3 rings (SSSR count). The van der Waals surface area contributed by atoms with E-state index in [-0.39, 0.29) is 67.9 Å². The number of nitrogens with zero attached hydrogens (tertiary/aromatic N) is 5. The fourth-order valence-corrected chi connectivity index (χ4v) is 3.36. The van der Waals surface area contributed by atoms with Crippen molar-refractivity contribution in [2.75, 3.05) is 19.0 Å². The summed E-state index contributed by atoms with van der Waals surface area (Å²) in [5.41, 5.74) is -2.34. The summed E-state index contributed by atoms with van der Waals surface area (Å²) in [4.78, 5) is 52.4. The number of aliphatic hydroxyl groups excluding tert-OH is 1. The minimum atomic E-state index is -2.34. The molecule has 0 radical (unpaired) electrons. The summed E-state index contributed by atoms with van der Waals surface area (Å²) in [6.45, 7) is -0.353. The summed E-state index contributed by atoms with van der Waals surface area (Å²) in [7, 11) is 0. The molecule has 0 bridgehead atoms. The van der Waals surface area contributed by atoms with Crippen LogP contribution < -0.4 is 40.0 Å². The van der Waals surface area contributed by atoms with Gasteiger partial charge in [-0.3, -0.25) is 19.2 Å². The van der Waals surface area contributed by atoms with Crippen molar-refractivity contribution in [3.8, 4) is 0 Å². The first-order valence-corrected chi connectivity index (χ1v) is 9.05.